The van der Waals surface area contributed by atoms with Gasteiger partial charge in [0, 0.05) is 5.75 Å². The first-order chi connectivity index (χ1) is 10.1. The fourth-order valence-electron chi connectivity index (χ4n) is 2.33. The van der Waals surface area contributed by atoms with Gasteiger partial charge in [0.2, 0.25) is 0 Å². The van der Waals surface area contributed by atoms with Gasteiger partial charge in [0.15, 0.2) is 0 Å². The van der Waals surface area contributed by atoms with Crippen LogP contribution in [0.25, 0.3) is 0 Å². The zero-order valence-corrected chi connectivity index (χ0v) is 13.3. The lowest BCUT2D eigenvalue weighted by atomic mass is 9.89. The minimum atomic E-state index is -0.638. The van der Waals surface area contributed by atoms with Crippen LogP contribution in [-0.4, -0.2) is 17.5 Å². The molecule has 1 atom stereocenters. The average Bonchev–Trinajstić information content (AvgIpc) is 2.52. The number of aliphatic hydroxyl groups is 1. The Balaban J connectivity index is 1.86. The molecule has 0 bridgehead atoms. The van der Waals surface area contributed by atoms with Crippen molar-refractivity contribution in [1.29, 1.82) is 0 Å². The maximum atomic E-state index is 9.66. The van der Waals surface area contributed by atoms with Gasteiger partial charge in [-0.25, -0.2) is 0 Å². The highest BCUT2D eigenvalue weighted by Crippen LogP contribution is 2.25. The third-order valence-corrected chi connectivity index (χ3v) is 4.70. The molecule has 0 saturated heterocycles. The zero-order chi connectivity index (χ0) is 15.1. The van der Waals surface area contributed by atoms with Gasteiger partial charge in [-0.15, -0.1) is 0 Å². The number of nitrogens with two attached hydrogens (primary N) is 1. The molecule has 2 aromatic carbocycles. The van der Waals surface area contributed by atoms with Crippen LogP contribution in [0.2, 0.25) is 0 Å². The summed E-state index contributed by atoms with van der Waals surface area (Å²) in [5, 5.41) is 9.66. The largest absolute Gasteiger partial charge is 0.394 e. The number of thioether (sulfide) groups is 1. The van der Waals surface area contributed by atoms with E-state index in [2.05, 4.69) is 31.2 Å². The molecule has 0 aliphatic rings. The van der Waals surface area contributed by atoms with E-state index in [1.165, 1.54) is 11.1 Å². The number of aliphatic hydroxyl groups excluding tert-OH is 1. The number of rotatable bonds is 7. The third-order valence-electron chi connectivity index (χ3n) is 3.67. The maximum absolute atomic E-state index is 9.66. The quantitative estimate of drug-likeness (QED) is 0.770. The van der Waals surface area contributed by atoms with Gasteiger partial charge < -0.3 is 10.8 Å². The fraction of sp³-hybridized carbons (Fsp3) is 0.333. The second-order valence-electron chi connectivity index (χ2n) is 5.47. The first kappa shape index (κ1) is 16.1. The molecule has 1 unspecified atom stereocenters. The van der Waals surface area contributed by atoms with Gasteiger partial charge in [-0.2, -0.15) is 11.8 Å². The molecule has 0 radical (unpaired) electrons. The molecule has 0 fully saturated rings. The Bertz CT molecular complexity index is 558. The Labute approximate surface area is 131 Å². The van der Waals surface area contributed by atoms with Crippen molar-refractivity contribution in [3.8, 4) is 0 Å². The molecule has 2 aromatic rings. The Hall–Kier alpha value is -1.29. The fourth-order valence-corrected chi connectivity index (χ4v) is 3.40. The van der Waals surface area contributed by atoms with E-state index in [-0.39, 0.29) is 6.61 Å². The molecule has 0 aliphatic carbocycles. The number of hydrogen-bond donors (Lipinski definition) is 2. The van der Waals surface area contributed by atoms with Gasteiger partial charge in [-0.3, -0.25) is 0 Å². The van der Waals surface area contributed by atoms with Crippen LogP contribution >= 0.6 is 11.8 Å². The van der Waals surface area contributed by atoms with Crippen molar-refractivity contribution < 1.29 is 5.11 Å². The highest BCUT2D eigenvalue weighted by molar-refractivity contribution is 7.98. The predicted molar refractivity (Wildman–Crippen MR) is 91.4 cm³/mol. The molecule has 0 aromatic heterocycles. The van der Waals surface area contributed by atoms with Crippen LogP contribution in [0.4, 0.5) is 0 Å². The first-order valence-electron chi connectivity index (χ1n) is 7.22. The average molecular weight is 301 g/mol. The Kier molecular flexibility index (Phi) is 5.85. The Morgan fingerprint density at radius 2 is 1.86 bits per heavy atom. The monoisotopic (exact) mass is 301 g/mol. The normalized spacial score (nSPS) is 13.9. The van der Waals surface area contributed by atoms with E-state index in [1.54, 1.807) is 0 Å². The summed E-state index contributed by atoms with van der Waals surface area (Å²) in [7, 11) is 0. The van der Waals surface area contributed by atoms with Gasteiger partial charge in [0.25, 0.3) is 0 Å². The van der Waals surface area contributed by atoms with Crippen LogP contribution in [0.5, 0.6) is 0 Å². The van der Waals surface area contributed by atoms with Crippen LogP contribution < -0.4 is 5.73 Å². The van der Waals surface area contributed by atoms with Crippen molar-refractivity contribution in [3.63, 3.8) is 0 Å². The van der Waals surface area contributed by atoms with Crippen molar-refractivity contribution >= 4 is 11.8 Å². The van der Waals surface area contributed by atoms with E-state index in [0.717, 1.165) is 23.5 Å². The van der Waals surface area contributed by atoms with E-state index in [4.69, 9.17) is 5.73 Å². The molecule has 0 amide bonds. The van der Waals surface area contributed by atoms with Crippen molar-refractivity contribution in [1.82, 2.24) is 0 Å². The molecule has 112 valence electrons. The van der Waals surface area contributed by atoms with E-state index >= 15 is 0 Å². The maximum Gasteiger partial charge on any atom is 0.0653 e. The molecular weight excluding hydrogens is 278 g/mol. The number of benzene rings is 2. The van der Waals surface area contributed by atoms with E-state index in [9.17, 15) is 5.11 Å². The van der Waals surface area contributed by atoms with Crippen molar-refractivity contribution in [2.45, 2.75) is 24.6 Å². The van der Waals surface area contributed by atoms with Crippen LogP contribution in [0.3, 0.4) is 0 Å². The second kappa shape index (κ2) is 7.64. The third kappa shape index (κ3) is 4.60. The van der Waals surface area contributed by atoms with Gasteiger partial charge in [0.1, 0.15) is 0 Å². The summed E-state index contributed by atoms with van der Waals surface area (Å²) in [6.45, 7) is 2.09. The highest BCUT2D eigenvalue weighted by atomic mass is 32.2. The van der Waals surface area contributed by atoms with E-state index in [1.807, 2.05) is 42.1 Å². The molecular formula is C18H23NOS. The molecule has 3 N–H and O–H groups in total. The molecule has 2 rings (SSSR count). The van der Waals surface area contributed by atoms with Crippen LogP contribution in [0.1, 0.15) is 23.1 Å². The molecule has 2 nitrogen and oxygen atoms in total. The minimum absolute atomic E-state index is 0.0258. The van der Waals surface area contributed by atoms with Crippen molar-refractivity contribution in [2.24, 2.45) is 5.73 Å². The molecule has 3 heteroatoms. The van der Waals surface area contributed by atoms with Crippen LogP contribution in [0, 0.1) is 6.92 Å². The topological polar surface area (TPSA) is 46.2 Å². The summed E-state index contributed by atoms with van der Waals surface area (Å²) in [6, 6.07) is 18.4. The van der Waals surface area contributed by atoms with Crippen molar-refractivity contribution in [2.75, 3.05) is 12.4 Å². The minimum Gasteiger partial charge on any atom is -0.394 e. The predicted octanol–water partition coefficient (Wildman–Crippen LogP) is 3.46. The number of aryl methyl sites for hydroxylation is 1. The molecule has 0 spiro atoms. The van der Waals surface area contributed by atoms with Gasteiger partial charge in [-0.05, 0) is 30.2 Å². The van der Waals surface area contributed by atoms with Gasteiger partial charge in [-0.1, -0.05) is 60.2 Å². The second-order valence-corrected chi connectivity index (χ2v) is 6.58. The lowest BCUT2D eigenvalue weighted by molar-refractivity contribution is 0.193. The molecule has 0 saturated carbocycles. The van der Waals surface area contributed by atoms with E-state index < -0.39 is 5.54 Å². The SMILES string of the molecule is Cc1cccc(CSCCC(N)(CO)c2ccccc2)c1. The Morgan fingerprint density at radius 3 is 2.52 bits per heavy atom. The van der Waals surface area contributed by atoms with Gasteiger partial charge in [0.05, 0.1) is 12.1 Å². The van der Waals surface area contributed by atoms with Crippen molar-refractivity contribution in [3.05, 3.63) is 71.3 Å². The summed E-state index contributed by atoms with van der Waals surface area (Å²) >= 11 is 1.86. The summed E-state index contributed by atoms with van der Waals surface area (Å²) in [6.07, 6.45) is 0.768. The summed E-state index contributed by atoms with van der Waals surface area (Å²) in [4.78, 5) is 0. The molecule has 0 heterocycles. The van der Waals surface area contributed by atoms with E-state index in [0.29, 0.717) is 0 Å². The summed E-state index contributed by atoms with van der Waals surface area (Å²) in [5.41, 5.74) is 9.36. The standard InChI is InChI=1S/C18H23NOS/c1-15-6-5-7-16(12-15)13-21-11-10-18(19,14-20)17-8-3-2-4-9-17/h2-9,12,20H,10-11,13-14,19H2,1H3. The highest BCUT2D eigenvalue weighted by Gasteiger charge is 2.25. The number of hydrogen-bond acceptors (Lipinski definition) is 3. The summed E-state index contributed by atoms with van der Waals surface area (Å²) < 4.78 is 0. The van der Waals surface area contributed by atoms with Crippen LogP contribution in [-0.2, 0) is 11.3 Å². The summed E-state index contributed by atoms with van der Waals surface area (Å²) in [5.74, 6) is 1.91. The molecule has 0 aliphatic heterocycles. The van der Waals surface area contributed by atoms with Gasteiger partial charge >= 0.3 is 0 Å². The lowest BCUT2D eigenvalue weighted by Crippen LogP contribution is -2.41. The first-order valence-corrected chi connectivity index (χ1v) is 8.38. The Morgan fingerprint density at radius 1 is 1.10 bits per heavy atom. The lowest BCUT2D eigenvalue weighted by Gasteiger charge is -2.27. The molecule has 21 heavy (non-hydrogen) atoms. The smallest absolute Gasteiger partial charge is 0.0653 e. The zero-order valence-electron chi connectivity index (χ0n) is 12.5. The van der Waals surface area contributed by atoms with Crippen LogP contribution in [0.15, 0.2) is 54.6 Å².